The lowest BCUT2D eigenvalue weighted by Crippen LogP contribution is -2.30. The molecule has 0 aliphatic carbocycles. The van der Waals surface area contributed by atoms with E-state index in [4.69, 9.17) is 16.3 Å². The van der Waals surface area contributed by atoms with Gasteiger partial charge in [0.1, 0.15) is 5.75 Å². The highest BCUT2D eigenvalue weighted by atomic mass is 35.5. The molecule has 3 rings (SSSR count). The molecule has 1 fully saturated rings. The van der Waals surface area contributed by atoms with E-state index in [0.29, 0.717) is 16.7 Å². The molecule has 21 heavy (non-hydrogen) atoms. The largest absolute Gasteiger partial charge is 0.452 e. The molecule has 0 amide bonds. The number of ether oxygens (including phenoxy) is 1. The SMILES string of the molecule is Cc1c(Oc2ccccc2Cl)cnn1CC1CCNCC1. The van der Waals surface area contributed by atoms with Crippen LogP contribution < -0.4 is 10.1 Å². The van der Waals surface area contributed by atoms with E-state index in [1.807, 2.05) is 35.9 Å². The van der Waals surface area contributed by atoms with Crippen LogP contribution >= 0.6 is 11.6 Å². The van der Waals surface area contributed by atoms with Crippen LogP contribution in [0.15, 0.2) is 30.5 Å². The number of aromatic nitrogens is 2. The molecule has 1 aromatic heterocycles. The standard InChI is InChI=1S/C16H20ClN3O/c1-12-16(21-15-5-3-2-4-14(15)17)10-19-20(12)11-13-6-8-18-9-7-13/h2-5,10,13,18H,6-9,11H2,1H3. The van der Waals surface area contributed by atoms with Gasteiger partial charge in [-0.2, -0.15) is 5.10 Å². The first-order chi connectivity index (χ1) is 10.2. The zero-order chi connectivity index (χ0) is 14.7. The summed E-state index contributed by atoms with van der Waals surface area (Å²) in [5.41, 5.74) is 1.05. The Kier molecular flexibility index (Phi) is 4.46. The zero-order valence-electron chi connectivity index (χ0n) is 12.2. The van der Waals surface area contributed by atoms with Crippen molar-refractivity contribution in [2.45, 2.75) is 26.3 Å². The quantitative estimate of drug-likeness (QED) is 0.937. The van der Waals surface area contributed by atoms with E-state index in [9.17, 15) is 0 Å². The summed E-state index contributed by atoms with van der Waals surface area (Å²) < 4.78 is 7.93. The first kappa shape index (κ1) is 14.4. The fourth-order valence-corrected chi connectivity index (χ4v) is 2.84. The van der Waals surface area contributed by atoms with Crippen molar-refractivity contribution < 1.29 is 4.74 Å². The lowest BCUT2D eigenvalue weighted by molar-refractivity contribution is 0.318. The number of piperidine rings is 1. The van der Waals surface area contributed by atoms with Gasteiger partial charge in [0.05, 0.1) is 16.9 Å². The summed E-state index contributed by atoms with van der Waals surface area (Å²) in [6.07, 6.45) is 4.19. The minimum atomic E-state index is 0.614. The van der Waals surface area contributed by atoms with Gasteiger partial charge in [0.2, 0.25) is 0 Å². The van der Waals surface area contributed by atoms with Crippen LogP contribution in [-0.2, 0) is 6.54 Å². The van der Waals surface area contributed by atoms with E-state index >= 15 is 0 Å². The summed E-state index contributed by atoms with van der Waals surface area (Å²) in [5, 5.41) is 8.47. The Hall–Kier alpha value is -1.52. The van der Waals surface area contributed by atoms with Gasteiger partial charge in [-0.15, -0.1) is 0 Å². The Morgan fingerprint density at radius 3 is 2.81 bits per heavy atom. The number of halogens is 1. The lowest BCUT2D eigenvalue weighted by atomic mass is 9.98. The van der Waals surface area contributed by atoms with Crippen LogP contribution in [0, 0.1) is 12.8 Å². The third-order valence-electron chi connectivity index (χ3n) is 4.00. The third kappa shape index (κ3) is 3.39. The van der Waals surface area contributed by atoms with E-state index in [-0.39, 0.29) is 0 Å². The molecule has 2 aromatic rings. The number of hydrogen-bond donors (Lipinski definition) is 1. The Labute approximate surface area is 130 Å². The third-order valence-corrected chi connectivity index (χ3v) is 4.32. The first-order valence-corrected chi connectivity index (χ1v) is 7.77. The molecular formula is C16H20ClN3O. The van der Waals surface area contributed by atoms with Crippen molar-refractivity contribution in [3.8, 4) is 11.5 Å². The van der Waals surface area contributed by atoms with E-state index in [0.717, 1.165) is 31.1 Å². The molecule has 0 radical (unpaired) electrons. The molecule has 5 heteroatoms. The van der Waals surface area contributed by atoms with Crippen molar-refractivity contribution in [2.75, 3.05) is 13.1 Å². The predicted octanol–water partition coefficient (Wildman–Crippen LogP) is 3.64. The van der Waals surface area contributed by atoms with Crippen molar-refractivity contribution in [3.05, 3.63) is 41.2 Å². The maximum absolute atomic E-state index is 6.13. The van der Waals surface area contributed by atoms with Crippen LogP contribution in [-0.4, -0.2) is 22.9 Å². The summed E-state index contributed by atoms with van der Waals surface area (Å²) >= 11 is 6.13. The van der Waals surface area contributed by atoms with Crippen LogP contribution in [0.1, 0.15) is 18.5 Å². The number of nitrogens with zero attached hydrogens (tertiary/aromatic N) is 2. The number of rotatable bonds is 4. The fourth-order valence-electron chi connectivity index (χ4n) is 2.67. The zero-order valence-corrected chi connectivity index (χ0v) is 12.9. The van der Waals surface area contributed by atoms with E-state index in [1.165, 1.54) is 12.8 Å². The predicted molar refractivity (Wildman–Crippen MR) is 84.1 cm³/mol. The average molecular weight is 306 g/mol. The highest BCUT2D eigenvalue weighted by molar-refractivity contribution is 6.32. The maximum atomic E-state index is 6.13. The number of hydrogen-bond acceptors (Lipinski definition) is 3. The number of benzene rings is 1. The van der Waals surface area contributed by atoms with E-state index in [2.05, 4.69) is 10.4 Å². The van der Waals surface area contributed by atoms with E-state index in [1.54, 1.807) is 6.20 Å². The monoisotopic (exact) mass is 305 g/mol. The van der Waals surface area contributed by atoms with Gasteiger partial charge < -0.3 is 10.1 Å². The van der Waals surface area contributed by atoms with Gasteiger partial charge in [-0.25, -0.2) is 0 Å². The van der Waals surface area contributed by atoms with Crippen LogP contribution in [0.5, 0.6) is 11.5 Å². The molecule has 0 unspecified atom stereocenters. The summed E-state index contributed by atoms with van der Waals surface area (Å²) in [6.45, 7) is 5.21. The molecule has 1 aromatic carbocycles. The van der Waals surface area contributed by atoms with Gasteiger partial charge in [-0.05, 0) is 50.9 Å². The molecule has 1 saturated heterocycles. The molecule has 2 heterocycles. The van der Waals surface area contributed by atoms with Gasteiger partial charge in [0, 0.05) is 6.54 Å². The van der Waals surface area contributed by atoms with Gasteiger partial charge in [0.15, 0.2) is 5.75 Å². The Bertz CT molecular complexity index is 605. The molecule has 0 atom stereocenters. The highest BCUT2D eigenvalue weighted by Crippen LogP contribution is 2.30. The van der Waals surface area contributed by atoms with Gasteiger partial charge in [-0.1, -0.05) is 23.7 Å². The molecule has 1 N–H and O–H groups in total. The Morgan fingerprint density at radius 2 is 2.05 bits per heavy atom. The van der Waals surface area contributed by atoms with Gasteiger partial charge in [0.25, 0.3) is 0 Å². The Morgan fingerprint density at radius 1 is 1.29 bits per heavy atom. The minimum absolute atomic E-state index is 0.614. The van der Waals surface area contributed by atoms with Crippen LogP contribution in [0.2, 0.25) is 5.02 Å². The molecule has 0 spiro atoms. The summed E-state index contributed by atoms with van der Waals surface area (Å²) in [7, 11) is 0. The van der Waals surface area contributed by atoms with Crippen LogP contribution in [0.3, 0.4) is 0 Å². The van der Waals surface area contributed by atoms with Crippen LogP contribution in [0.4, 0.5) is 0 Å². The van der Waals surface area contributed by atoms with Gasteiger partial charge in [-0.3, -0.25) is 4.68 Å². The smallest absolute Gasteiger partial charge is 0.168 e. The maximum Gasteiger partial charge on any atom is 0.168 e. The summed E-state index contributed by atoms with van der Waals surface area (Å²) in [5.74, 6) is 2.14. The van der Waals surface area contributed by atoms with Crippen molar-refractivity contribution in [1.29, 1.82) is 0 Å². The van der Waals surface area contributed by atoms with Crippen LogP contribution in [0.25, 0.3) is 0 Å². The Balaban J connectivity index is 1.71. The molecule has 112 valence electrons. The summed E-state index contributed by atoms with van der Waals surface area (Å²) in [4.78, 5) is 0. The topological polar surface area (TPSA) is 39.1 Å². The lowest BCUT2D eigenvalue weighted by Gasteiger charge is -2.22. The molecule has 1 aliphatic rings. The first-order valence-electron chi connectivity index (χ1n) is 7.39. The minimum Gasteiger partial charge on any atom is -0.452 e. The van der Waals surface area contributed by atoms with Crippen molar-refractivity contribution in [2.24, 2.45) is 5.92 Å². The number of para-hydroxylation sites is 1. The van der Waals surface area contributed by atoms with E-state index < -0.39 is 0 Å². The molecule has 1 aliphatic heterocycles. The average Bonchev–Trinajstić information content (AvgIpc) is 2.84. The molecule has 4 nitrogen and oxygen atoms in total. The summed E-state index contributed by atoms with van der Waals surface area (Å²) in [6, 6.07) is 7.50. The molecule has 0 bridgehead atoms. The molecule has 0 saturated carbocycles. The second-order valence-electron chi connectivity index (χ2n) is 5.50. The molecular weight excluding hydrogens is 286 g/mol. The van der Waals surface area contributed by atoms with Gasteiger partial charge >= 0.3 is 0 Å². The second-order valence-corrected chi connectivity index (χ2v) is 5.91. The highest BCUT2D eigenvalue weighted by Gasteiger charge is 2.17. The fraction of sp³-hybridized carbons (Fsp3) is 0.438. The van der Waals surface area contributed by atoms with Crippen molar-refractivity contribution >= 4 is 11.6 Å². The second kappa shape index (κ2) is 6.50. The number of nitrogens with one attached hydrogen (secondary N) is 1. The van der Waals surface area contributed by atoms with Crippen molar-refractivity contribution in [1.82, 2.24) is 15.1 Å². The normalized spacial score (nSPS) is 16.1. The van der Waals surface area contributed by atoms with Crippen molar-refractivity contribution in [3.63, 3.8) is 0 Å².